The smallest absolute Gasteiger partial charge is 0.119 e. The van der Waals surface area contributed by atoms with E-state index in [1.807, 2.05) is 12.1 Å². The van der Waals surface area contributed by atoms with Gasteiger partial charge in [0.05, 0.1) is 0 Å². The molecule has 0 bridgehead atoms. The third-order valence-corrected chi connectivity index (χ3v) is 5.83. The van der Waals surface area contributed by atoms with Gasteiger partial charge >= 0.3 is 0 Å². The summed E-state index contributed by atoms with van der Waals surface area (Å²) in [4.78, 5) is 0. The monoisotopic (exact) mass is 382 g/mol. The van der Waals surface area contributed by atoms with Crippen LogP contribution in [0.2, 0.25) is 0 Å². The largest absolute Gasteiger partial charge is 0.508 e. The third kappa shape index (κ3) is 4.37. The number of hydrogen-bond acceptors (Lipinski definition) is 2. The first-order chi connectivity index (χ1) is 12.8. The number of phenolic OH excluding ortho intramolecular Hbond substituents is 2. The number of rotatable bonds is 4. The van der Waals surface area contributed by atoms with Crippen molar-refractivity contribution in [1.82, 2.24) is 0 Å². The van der Waals surface area contributed by atoms with Gasteiger partial charge in [0, 0.05) is 5.92 Å². The van der Waals surface area contributed by atoms with Gasteiger partial charge < -0.3 is 10.2 Å². The normalized spacial score (nSPS) is 12.6. The molecule has 2 N–H and O–H groups in total. The maximum Gasteiger partial charge on any atom is 0.119 e. The van der Waals surface area contributed by atoms with E-state index in [2.05, 4.69) is 74.4 Å². The van der Waals surface area contributed by atoms with Crippen molar-refractivity contribution in [2.45, 2.75) is 91.9 Å². The molecule has 0 radical (unpaired) electrons. The lowest BCUT2D eigenvalue weighted by atomic mass is 9.77. The van der Waals surface area contributed by atoms with Crippen LogP contribution in [-0.2, 0) is 23.7 Å². The molecular formula is C26H38O2. The molecule has 2 aromatic carbocycles. The first-order valence-corrected chi connectivity index (χ1v) is 10.5. The molecule has 0 unspecified atom stereocenters. The Morgan fingerprint density at radius 1 is 0.679 bits per heavy atom. The van der Waals surface area contributed by atoms with Gasteiger partial charge in [0.25, 0.3) is 0 Å². The molecule has 2 rings (SSSR count). The summed E-state index contributed by atoms with van der Waals surface area (Å²) in [6.45, 7) is 19.3. The average Bonchev–Trinajstić information content (AvgIpc) is 2.58. The molecular weight excluding hydrogens is 344 g/mol. The minimum Gasteiger partial charge on any atom is -0.508 e. The summed E-state index contributed by atoms with van der Waals surface area (Å²) >= 11 is 0. The van der Waals surface area contributed by atoms with Crippen molar-refractivity contribution >= 4 is 0 Å². The average molecular weight is 383 g/mol. The second kappa shape index (κ2) is 7.81. The van der Waals surface area contributed by atoms with Gasteiger partial charge in [0.15, 0.2) is 0 Å². The molecule has 154 valence electrons. The molecule has 0 saturated carbocycles. The fourth-order valence-electron chi connectivity index (χ4n) is 4.08. The van der Waals surface area contributed by atoms with Crippen molar-refractivity contribution in [2.75, 3.05) is 0 Å². The molecule has 0 aromatic heterocycles. The van der Waals surface area contributed by atoms with Crippen LogP contribution in [0.4, 0.5) is 0 Å². The summed E-state index contributed by atoms with van der Waals surface area (Å²) in [5.74, 6) is 0.961. The van der Waals surface area contributed by atoms with Gasteiger partial charge in [0.1, 0.15) is 11.5 Å². The first-order valence-electron chi connectivity index (χ1n) is 10.5. The molecule has 28 heavy (non-hydrogen) atoms. The topological polar surface area (TPSA) is 40.5 Å². The van der Waals surface area contributed by atoms with E-state index in [4.69, 9.17) is 0 Å². The Hall–Kier alpha value is -1.96. The second-order valence-electron chi connectivity index (χ2n) is 10.1. The molecule has 0 amide bonds. The highest BCUT2D eigenvalue weighted by Gasteiger charge is 2.26. The summed E-state index contributed by atoms with van der Waals surface area (Å²) in [6.07, 6.45) is 1.76. The number of benzene rings is 2. The summed E-state index contributed by atoms with van der Waals surface area (Å²) in [6, 6.07) is 8.29. The molecule has 0 heterocycles. The fourth-order valence-corrected chi connectivity index (χ4v) is 4.08. The number of phenols is 2. The molecule has 0 aliphatic carbocycles. The highest BCUT2D eigenvalue weighted by molar-refractivity contribution is 5.53. The van der Waals surface area contributed by atoms with Crippen molar-refractivity contribution in [1.29, 1.82) is 0 Å². The molecule has 0 aliphatic rings. The van der Waals surface area contributed by atoms with Crippen LogP contribution in [0.5, 0.6) is 11.5 Å². The summed E-state index contributed by atoms with van der Waals surface area (Å²) < 4.78 is 0. The van der Waals surface area contributed by atoms with Gasteiger partial charge in [-0.25, -0.2) is 0 Å². The Morgan fingerprint density at radius 3 is 1.25 bits per heavy atom. The van der Waals surface area contributed by atoms with Gasteiger partial charge in [-0.15, -0.1) is 0 Å². The Labute approximate surface area is 171 Å². The van der Waals surface area contributed by atoms with Crippen molar-refractivity contribution in [3.63, 3.8) is 0 Å². The quantitative estimate of drug-likeness (QED) is 0.599. The van der Waals surface area contributed by atoms with E-state index in [-0.39, 0.29) is 16.7 Å². The van der Waals surface area contributed by atoms with Crippen LogP contribution in [0.15, 0.2) is 24.3 Å². The lowest BCUT2D eigenvalue weighted by Crippen LogP contribution is -2.15. The van der Waals surface area contributed by atoms with E-state index >= 15 is 0 Å². The SMILES string of the molecule is CCc1cc(O)c(C(C)(C)C)cc1C(C)c1cc(C(C)(C)C)c(O)cc1CC. The van der Waals surface area contributed by atoms with Gasteiger partial charge in [-0.1, -0.05) is 74.4 Å². The van der Waals surface area contributed by atoms with E-state index in [0.717, 1.165) is 24.0 Å². The molecule has 0 spiro atoms. The molecule has 2 heteroatoms. The lowest BCUT2D eigenvalue weighted by molar-refractivity contribution is 0.445. The maximum absolute atomic E-state index is 10.6. The minimum absolute atomic E-state index is 0.121. The van der Waals surface area contributed by atoms with Crippen LogP contribution < -0.4 is 0 Å². The Kier molecular flexibility index (Phi) is 6.23. The first kappa shape index (κ1) is 22.3. The highest BCUT2D eigenvalue weighted by Crippen LogP contribution is 2.41. The van der Waals surface area contributed by atoms with Crippen molar-refractivity contribution in [3.05, 3.63) is 57.6 Å². The molecule has 0 atom stereocenters. The van der Waals surface area contributed by atoms with Gasteiger partial charge in [0.2, 0.25) is 0 Å². The van der Waals surface area contributed by atoms with Crippen molar-refractivity contribution < 1.29 is 10.2 Å². The Balaban J connectivity index is 2.73. The van der Waals surface area contributed by atoms with Crippen LogP contribution in [-0.4, -0.2) is 10.2 Å². The lowest BCUT2D eigenvalue weighted by Gasteiger charge is -2.28. The van der Waals surface area contributed by atoms with Gasteiger partial charge in [-0.3, -0.25) is 0 Å². The zero-order chi connectivity index (χ0) is 21.4. The van der Waals surface area contributed by atoms with E-state index in [1.165, 1.54) is 22.3 Å². The van der Waals surface area contributed by atoms with E-state index in [0.29, 0.717) is 11.5 Å². The molecule has 2 aromatic rings. The van der Waals surface area contributed by atoms with Crippen LogP contribution >= 0.6 is 0 Å². The van der Waals surface area contributed by atoms with Crippen molar-refractivity contribution in [3.8, 4) is 11.5 Å². The maximum atomic E-state index is 10.6. The molecule has 0 saturated heterocycles. The zero-order valence-electron chi connectivity index (χ0n) is 19.2. The number of aromatic hydroxyl groups is 2. The van der Waals surface area contributed by atoms with Crippen LogP contribution in [0.1, 0.15) is 102 Å². The highest BCUT2D eigenvalue weighted by atomic mass is 16.3. The number of aryl methyl sites for hydroxylation is 2. The van der Waals surface area contributed by atoms with Gasteiger partial charge in [-0.05, 0) is 69.2 Å². The molecule has 0 aliphatic heterocycles. The van der Waals surface area contributed by atoms with E-state index < -0.39 is 0 Å². The van der Waals surface area contributed by atoms with Crippen LogP contribution in [0, 0.1) is 0 Å². The molecule has 0 fully saturated rings. The number of hydrogen-bond donors (Lipinski definition) is 2. The fraction of sp³-hybridized carbons (Fsp3) is 0.538. The minimum atomic E-state index is -0.121. The summed E-state index contributed by atoms with van der Waals surface area (Å²) in [5, 5.41) is 21.2. The predicted octanol–water partition coefficient (Wildman–Crippen LogP) is 6.97. The van der Waals surface area contributed by atoms with Gasteiger partial charge in [-0.2, -0.15) is 0 Å². The Bertz CT molecular complexity index is 777. The third-order valence-electron chi connectivity index (χ3n) is 5.83. The summed E-state index contributed by atoms with van der Waals surface area (Å²) in [5.41, 5.74) is 6.64. The van der Waals surface area contributed by atoms with Crippen LogP contribution in [0.3, 0.4) is 0 Å². The molecule has 2 nitrogen and oxygen atoms in total. The Morgan fingerprint density at radius 2 is 1.00 bits per heavy atom. The summed E-state index contributed by atoms with van der Waals surface area (Å²) in [7, 11) is 0. The standard InChI is InChI=1S/C26H38O2/c1-10-17-12-23(27)21(25(4,5)6)14-19(17)16(3)20-15-22(26(7,8)9)24(28)13-18(20)11-2/h12-16,27-28H,10-11H2,1-9H3. The van der Waals surface area contributed by atoms with E-state index in [9.17, 15) is 10.2 Å². The van der Waals surface area contributed by atoms with E-state index in [1.54, 1.807) is 0 Å². The van der Waals surface area contributed by atoms with Crippen molar-refractivity contribution in [2.24, 2.45) is 0 Å². The second-order valence-corrected chi connectivity index (χ2v) is 10.1. The zero-order valence-corrected chi connectivity index (χ0v) is 19.2. The van der Waals surface area contributed by atoms with Crippen LogP contribution in [0.25, 0.3) is 0 Å². The predicted molar refractivity (Wildman–Crippen MR) is 120 cm³/mol.